The number of hydrogen-bond acceptors (Lipinski definition) is 6. The standard InChI is InChI=1S/C15H19N3O4/c1-3-8-22-15(20)11-4-6-12(7-5-11)18-14(10-21-2)13(9-19)16-17-18/h4-7,19H,3,8-10H2,1-2H3. The number of carbonyl (C=O) groups excluding carboxylic acids is 1. The summed E-state index contributed by atoms with van der Waals surface area (Å²) in [6.45, 7) is 2.42. The van der Waals surface area contributed by atoms with E-state index in [1.165, 1.54) is 0 Å². The minimum atomic E-state index is -0.347. The molecule has 2 aromatic rings. The Hall–Kier alpha value is -2.25. The van der Waals surface area contributed by atoms with E-state index in [4.69, 9.17) is 9.47 Å². The lowest BCUT2D eigenvalue weighted by atomic mass is 10.2. The average molecular weight is 305 g/mol. The minimum Gasteiger partial charge on any atom is -0.462 e. The van der Waals surface area contributed by atoms with E-state index in [1.54, 1.807) is 36.1 Å². The van der Waals surface area contributed by atoms with Crippen LogP contribution in [-0.4, -0.2) is 39.8 Å². The molecule has 0 unspecified atom stereocenters. The van der Waals surface area contributed by atoms with Crippen molar-refractivity contribution in [1.82, 2.24) is 15.0 Å². The van der Waals surface area contributed by atoms with Gasteiger partial charge in [0.1, 0.15) is 5.69 Å². The number of esters is 1. The molecule has 0 fully saturated rings. The maximum absolute atomic E-state index is 11.8. The molecular formula is C15H19N3O4. The van der Waals surface area contributed by atoms with E-state index in [-0.39, 0.29) is 19.2 Å². The molecule has 0 aliphatic rings. The van der Waals surface area contributed by atoms with Gasteiger partial charge in [-0.25, -0.2) is 9.48 Å². The van der Waals surface area contributed by atoms with Gasteiger partial charge in [0.2, 0.25) is 0 Å². The summed E-state index contributed by atoms with van der Waals surface area (Å²) in [7, 11) is 1.56. The van der Waals surface area contributed by atoms with Crippen molar-refractivity contribution in [2.45, 2.75) is 26.6 Å². The summed E-state index contributed by atoms with van der Waals surface area (Å²) in [5.74, 6) is -0.347. The first-order chi connectivity index (χ1) is 10.7. The second-order valence-electron chi connectivity index (χ2n) is 4.67. The van der Waals surface area contributed by atoms with Gasteiger partial charge >= 0.3 is 5.97 Å². The van der Waals surface area contributed by atoms with Crippen molar-refractivity contribution in [3.63, 3.8) is 0 Å². The predicted octanol–water partition coefficient (Wildman–Crippen LogP) is 1.47. The third-order valence-corrected chi connectivity index (χ3v) is 3.06. The van der Waals surface area contributed by atoms with Gasteiger partial charge in [0.15, 0.2) is 0 Å². The van der Waals surface area contributed by atoms with Gasteiger partial charge in [-0.05, 0) is 30.7 Å². The SMILES string of the molecule is CCCOC(=O)c1ccc(-n2nnc(CO)c2COC)cc1. The minimum absolute atomic E-state index is 0.208. The van der Waals surface area contributed by atoms with Crippen LogP contribution in [0.3, 0.4) is 0 Å². The third kappa shape index (κ3) is 3.49. The molecule has 7 nitrogen and oxygen atoms in total. The molecule has 22 heavy (non-hydrogen) atoms. The maximum atomic E-state index is 11.8. The van der Waals surface area contributed by atoms with Gasteiger partial charge in [0.25, 0.3) is 0 Å². The maximum Gasteiger partial charge on any atom is 0.338 e. The molecule has 0 atom stereocenters. The summed E-state index contributed by atoms with van der Waals surface area (Å²) in [5.41, 5.74) is 2.35. The van der Waals surface area contributed by atoms with E-state index < -0.39 is 0 Å². The molecule has 0 bridgehead atoms. The smallest absolute Gasteiger partial charge is 0.338 e. The molecule has 2 rings (SSSR count). The highest BCUT2D eigenvalue weighted by molar-refractivity contribution is 5.89. The van der Waals surface area contributed by atoms with Crippen LogP contribution in [0.4, 0.5) is 0 Å². The Balaban J connectivity index is 2.23. The number of benzene rings is 1. The molecule has 0 aliphatic heterocycles. The lowest BCUT2D eigenvalue weighted by Crippen LogP contribution is -2.08. The molecule has 0 amide bonds. The van der Waals surface area contributed by atoms with Crippen LogP contribution in [0, 0.1) is 0 Å². The Morgan fingerprint density at radius 1 is 1.32 bits per heavy atom. The Morgan fingerprint density at radius 2 is 2.05 bits per heavy atom. The molecule has 1 aromatic heterocycles. The van der Waals surface area contributed by atoms with E-state index in [0.717, 1.165) is 12.1 Å². The fourth-order valence-electron chi connectivity index (χ4n) is 1.96. The van der Waals surface area contributed by atoms with Gasteiger partial charge in [-0.1, -0.05) is 12.1 Å². The van der Waals surface area contributed by atoms with Crippen LogP contribution in [0.2, 0.25) is 0 Å². The highest BCUT2D eigenvalue weighted by Gasteiger charge is 2.14. The Morgan fingerprint density at radius 3 is 2.64 bits per heavy atom. The van der Waals surface area contributed by atoms with Crippen molar-refractivity contribution >= 4 is 5.97 Å². The quantitative estimate of drug-likeness (QED) is 0.780. The number of carbonyl (C=O) groups is 1. The van der Waals surface area contributed by atoms with E-state index in [0.29, 0.717) is 23.6 Å². The summed E-state index contributed by atoms with van der Waals surface area (Å²) >= 11 is 0. The summed E-state index contributed by atoms with van der Waals surface area (Å²) in [4.78, 5) is 11.8. The number of methoxy groups -OCH3 is 1. The van der Waals surface area contributed by atoms with Crippen LogP contribution in [-0.2, 0) is 22.7 Å². The molecule has 7 heteroatoms. The van der Waals surface area contributed by atoms with Crippen molar-refractivity contribution in [3.8, 4) is 5.69 Å². The van der Waals surface area contributed by atoms with E-state index in [1.807, 2.05) is 6.92 Å². The Kier molecular flexibility index (Phi) is 5.62. The van der Waals surface area contributed by atoms with Gasteiger partial charge in [-0.3, -0.25) is 0 Å². The predicted molar refractivity (Wildman–Crippen MR) is 78.6 cm³/mol. The molecule has 1 aromatic carbocycles. The normalized spacial score (nSPS) is 10.7. The Labute approximate surface area is 128 Å². The third-order valence-electron chi connectivity index (χ3n) is 3.06. The van der Waals surface area contributed by atoms with Gasteiger partial charge < -0.3 is 14.6 Å². The molecule has 0 saturated heterocycles. The second kappa shape index (κ2) is 7.67. The highest BCUT2D eigenvalue weighted by atomic mass is 16.5. The van der Waals surface area contributed by atoms with Gasteiger partial charge in [0.05, 0.1) is 36.8 Å². The summed E-state index contributed by atoms with van der Waals surface area (Å²) in [6.07, 6.45) is 0.785. The molecule has 0 spiro atoms. The summed E-state index contributed by atoms with van der Waals surface area (Å²) in [5, 5.41) is 17.2. The largest absolute Gasteiger partial charge is 0.462 e. The fourth-order valence-corrected chi connectivity index (χ4v) is 1.96. The van der Waals surface area contributed by atoms with Crippen LogP contribution in [0.1, 0.15) is 35.1 Å². The first-order valence-corrected chi connectivity index (χ1v) is 7.02. The molecule has 118 valence electrons. The van der Waals surface area contributed by atoms with Crippen molar-refractivity contribution in [1.29, 1.82) is 0 Å². The number of aromatic nitrogens is 3. The zero-order chi connectivity index (χ0) is 15.9. The fraction of sp³-hybridized carbons (Fsp3) is 0.400. The average Bonchev–Trinajstić information content (AvgIpc) is 2.96. The lowest BCUT2D eigenvalue weighted by Gasteiger charge is -2.08. The van der Waals surface area contributed by atoms with Crippen molar-refractivity contribution in [2.24, 2.45) is 0 Å². The van der Waals surface area contributed by atoms with Crippen LogP contribution >= 0.6 is 0 Å². The van der Waals surface area contributed by atoms with Crippen LogP contribution in [0.15, 0.2) is 24.3 Å². The summed E-state index contributed by atoms with van der Waals surface area (Å²) < 4.78 is 11.8. The van der Waals surface area contributed by atoms with Crippen LogP contribution in [0.25, 0.3) is 5.69 Å². The molecule has 0 aliphatic carbocycles. The van der Waals surface area contributed by atoms with Gasteiger partial charge in [0, 0.05) is 7.11 Å². The van der Waals surface area contributed by atoms with Gasteiger partial charge in [-0.15, -0.1) is 5.10 Å². The number of nitrogens with zero attached hydrogens (tertiary/aromatic N) is 3. The number of aliphatic hydroxyl groups excluding tert-OH is 1. The lowest BCUT2D eigenvalue weighted by molar-refractivity contribution is 0.0505. The first kappa shape index (κ1) is 16.1. The van der Waals surface area contributed by atoms with Crippen LogP contribution in [0.5, 0.6) is 0 Å². The van der Waals surface area contributed by atoms with Crippen molar-refractivity contribution < 1.29 is 19.4 Å². The zero-order valence-electron chi connectivity index (χ0n) is 12.7. The molecule has 1 heterocycles. The molecule has 1 N–H and O–H groups in total. The number of hydrogen-bond donors (Lipinski definition) is 1. The molecule has 0 saturated carbocycles. The van der Waals surface area contributed by atoms with E-state index in [2.05, 4.69) is 10.3 Å². The van der Waals surface area contributed by atoms with Crippen LogP contribution < -0.4 is 0 Å². The monoisotopic (exact) mass is 305 g/mol. The zero-order valence-corrected chi connectivity index (χ0v) is 12.7. The van der Waals surface area contributed by atoms with Gasteiger partial charge in [-0.2, -0.15) is 0 Å². The number of aliphatic hydroxyl groups is 1. The number of ether oxygens (including phenoxy) is 2. The van der Waals surface area contributed by atoms with Crippen molar-refractivity contribution in [2.75, 3.05) is 13.7 Å². The topological polar surface area (TPSA) is 86.5 Å². The van der Waals surface area contributed by atoms with E-state index >= 15 is 0 Å². The Bertz CT molecular complexity index is 622. The van der Waals surface area contributed by atoms with E-state index in [9.17, 15) is 9.90 Å². The summed E-state index contributed by atoms with van der Waals surface area (Å²) in [6, 6.07) is 6.84. The molecule has 0 radical (unpaired) electrons. The molecular weight excluding hydrogens is 286 g/mol. The number of rotatable bonds is 7. The highest BCUT2D eigenvalue weighted by Crippen LogP contribution is 2.15. The first-order valence-electron chi connectivity index (χ1n) is 7.02. The van der Waals surface area contributed by atoms with Crippen molar-refractivity contribution in [3.05, 3.63) is 41.2 Å². The second-order valence-corrected chi connectivity index (χ2v) is 4.67.